The number of rotatable bonds is 2. The fourth-order valence-corrected chi connectivity index (χ4v) is 2.31. The molecule has 2 aromatic carbocycles. The quantitative estimate of drug-likeness (QED) is 0.653. The Kier molecular flexibility index (Phi) is 3.64. The molecule has 4 heteroatoms. The van der Waals surface area contributed by atoms with Crippen LogP contribution in [-0.2, 0) is 0 Å². The number of hydrogen-bond donors (Lipinski definition) is 1. The summed E-state index contributed by atoms with van der Waals surface area (Å²) in [5.74, 6) is -0.0237. The molecule has 0 unspecified atom stereocenters. The van der Waals surface area contributed by atoms with Crippen LogP contribution in [0.1, 0.15) is 15.9 Å². The number of nitrogens with two attached hydrogens (primary N) is 1. The molecule has 0 radical (unpaired) electrons. The summed E-state index contributed by atoms with van der Waals surface area (Å²) in [5, 5.41) is 0. The van der Waals surface area contributed by atoms with Gasteiger partial charge in [0.2, 0.25) is 0 Å². The first-order valence-corrected chi connectivity index (χ1v) is 6.52. The number of hydrogen-bond acceptors (Lipinski definition) is 2. The summed E-state index contributed by atoms with van der Waals surface area (Å²) in [5.41, 5.74) is 7.53. The van der Waals surface area contributed by atoms with E-state index in [2.05, 4.69) is 31.9 Å². The molecule has 0 aromatic heterocycles. The number of carbonyl (C=O) groups excluding carboxylic acids is 1. The number of halogens is 2. The van der Waals surface area contributed by atoms with Crippen molar-refractivity contribution in [2.24, 2.45) is 0 Å². The van der Waals surface area contributed by atoms with Gasteiger partial charge in [0.15, 0.2) is 5.78 Å². The Hall–Kier alpha value is -1.13. The van der Waals surface area contributed by atoms with E-state index < -0.39 is 0 Å². The molecule has 0 spiro atoms. The summed E-state index contributed by atoms with van der Waals surface area (Å²) in [6.45, 7) is 0. The zero-order chi connectivity index (χ0) is 12.4. The molecular formula is C13H9Br2NO. The first kappa shape index (κ1) is 12.3. The van der Waals surface area contributed by atoms with Crippen LogP contribution in [-0.4, -0.2) is 5.78 Å². The van der Waals surface area contributed by atoms with Crippen molar-refractivity contribution in [1.82, 2.24) is 0 Å². The predicted octanol–water partition coefficient (Wildman–Crippen LogP) is 4.02. The van der Waals surface area contributed by atoms with Crippen LogP contribution in [0.3, 0.4) is 0 Å². The third-order valence-corrected chi connectivity index (χ3v) is 3.53. The van der Waals surface area contributed by atoms with Crippen LogP contribution in [0.2, 0.25) is 0 Å². The Labute approximate surface area is 116 Å². The summed E-state index contributed by atoms with van der Waals surface area (Å²) >= 11 is 6.69. The summed E-state index contributed by atoms with van der Waals surface area (Å²) in [4.78, 5) is 12.2. The standard InChI is InChI=1S/C13H9Br2NO/c14-9-3-1-8(2-4-9)13(17)11-6-5-10(16)7-12(11)15/h1-7H,16H2. The molecule has 0 aliphatic carbocycles. The van der Waals surface area contributed by atoms with Gasteiger partial charge >= 0.3 is 0 Å². The van der Waals surface area contributed by atoms with Crippen LogP contribution in [0.15, 0.2) is 51.4 Å². The molecule has 0 bridgehead atoms. The van der Waals surface area contributed by atoms with Gasteiger partial charge in [-0.2, -0.15) is 0 Å². The van der Waals surface area contributed by atoms with E-state index in [0.717, 1.165) is 4.47 Å². The maximum absolute atomic E-state index is 12.2. The largest absolute Gasteiger partial charge is 0.399 e. The fraction of sp³-hybridized carbons (Fsp3) is 0. The number of ketones is 1. The first-order chi connectivity index (χ1) is 8.08. The van der Waals surface area contributed by atoms with Crippen molar-refractivity contribution in [1.29, 1.82) is 0 Å². The number of benzene rings is 2. The molecule has 0 aliphatic rings. The highest BCUT2D eigenvalue weighted by Crippen LogP contribution is 2.23. The van der Waals surface area contributed by atoms with Crippen LogP contribution < -0.4 is 5.73 Å². The Morgan fingerprint density at radius 3 is 2.24 bits per heavy atom. The lowest BCUT2D eigenvalue weighted by molar-refractivity contribution is 0.103. The third kappa shape index (κ3) is 2.76. The molecule has 0 atom stereocenters. The van der Waals surface area contributed by atoms with Gasteiger partial charge in [0, 0.05) is 25.8 Å². The lowest BCUT2D eigenvalue weighted by atomic mass is 10.0. The lowest BCUT2D eigenvalue weighted by Crippen LogP contribution is -2.02. The second-order valence-electron chi connectivity index (χ2n) is 3.58. The second kappa shape index (κ2) is 5.02. The van der Waals surface area contributed by atoms with E-state index in [4.69, 9.17) is 5.73 Å². The van der Waals surface area contributed by atoms with Crippen molar-refractivity contribution in [3.05, 3.63) is 62.5 Å². The third-order valence-electron chi connectivity index (χ3n) is 2.34. The Morgan fingerprint density at radius 1 is 1.00 bits per heavy atom. The van der Waals surface area contributed by atoms with Gasteiger partial charge in [-0.15, -0.1) is 0 Å². The molecule has 86 valence electrons. The highest BCUT2D eigenvalue weighted by atomic mass is 79.9. The SMILES string of the molecule is Nc1ccc(C(=O)c2ccc(Br)cc2)c(Br)c1. The predicted molar refractivity (Wildman–Crippen MR) is 76.1 cm³/mol. The van der Waals surface area contributed by atoms with Crippen molar-refractivity contribution in [2.75, 3.05) is 5.73 Å². The smallest absolute Gasteiger partial charge is 0.194 e. The minimum Gasteiger partial charge on any atom is -0.399 e. The first-order valence-electron chi connectivity index (χ1n) is 4.93. The highest BCUT2D eigenvalue weighted by molar-refractivity contribution is 9.10. The van der Waals surface area contributed by atoms with E-state index in [1.54, 1.807) is 30.3 Å². The second-order valence-corrected chi connectivity index (χ2v) is 5.35. The van der Waals surface area contributed by atoms with Gasteiger partial charge in [-0.1, -0.05) is 15.9 Å². The van der Waals surface area contributed by atoms with Gasteiger partial charge in [0.25, 0.3) is 0 Å². The average molecular weight is 355 g/mol. The van der Waals surface area contributed by atoms with E-state index in [-0.39, 0.29) is 5.78 Å². The molecule has 2 aromatic rings. The molecule has 0 amide bonds. The minimum absolute atomic E-state index is 0.0237. The van der Waals surface area contributed by atoms with E-state index in [1.165, 1.54) is 0 Å². The molecule has 17 heavy (non-hydrogen) atoms. The molecule has 0 saturated carbocycles. The maximum Gasteiger partial charge on any atom is 0.194 e. The normalized spacial score (nSPS) is 10.2. The van der Waals surface area contributed by atoms with Gasteiger partial charge < -0.3 is 5.73 Å². The monoisotopic (exact) mass is 353 g/mol. The lowest BCUT2D eigenvalue weighted by Gasteiger charge is -2.05. The van der Waals surface area contributed by atoms with Crippen molar-refractivity contribution in [3.8, 4) is 0 Å². The van der Waals surface area contributed by atoms with Crippen LogP contribution in [0.5, 0.6) is 0 Å². The average Bonchev–Trinajstić information content (AvgIpc) is 2.29. The van der Waals surface area contributed by atoms with Gasteiger partial charge in [-0.25, -0.2) is 0 Å². The van der Waals surface area contributed by atoms with E-state index in [1.807, 2.05) is 12.1 Å². The van der Waals surface area contributed by atoms with E-state index in [0.29, 0.717) is 21.3 Å². The molecule has 0 heterocycles. The summed E-state index contributed by atoms with van der Waals surface area (Å²) in [6.07, 6.45) is 0. The number of anilines is 1. The molecule has 0 saturated heterocycles. The zero-order valence-electron chi connectivity index (χ0n) is 8.78. The molecule has 2 nitrogen and oxygen atoms in total. The summed E-state index contributed by atoms with van der Waals surface area (Å²) in [7, 11) is 0. The van der Waals surface area contributed by atoms with Crippen molar-refractivity contribution in [3.63, 3.8) is 0 Å². The summed E-state index contributed by atoms with van der Waals surface area (Å²) < 4.78 is 1.66. The van der Waals surface area contributed by atoms with Crippen molar-refractivity contribution >= 4 is 43.3 Å². The van der Waals surface area contributed by atoms with Gasteiger partial charge in [-0.05, 0) is 58.4 Å². The molecular weight excluding hydrogens is 346 g/mol. The summed E-state index contributed by atoms with van der Waals surface area (Å²) in [6, 6.07) is 12.4. The molecule has 2 N–H and O–H groups in total. The number of nitrogen functional groups attached to an aromatic ring is 1. The highest BCUT2D eigenvalue weighted by Gasteiger charge is 2.12. The van der Waals surface area contributed by atoms with Crippen molar-refractivity contribution < 1.29 is 4.79 Å². The Balaban J connectivity index is 2.40. The van der Waals surface area contributed by atoms with Crippen LogP contribution in [0.4, 0.5) is 5.69 Å². The Bertz CT molecular complexity index is 564. The van der Waals surface area contributed by atoms with Gasteiger partial charge in [0.1, 0.15) is 0 Å². The van der Waals surface area contributed by atoms with Gasteiger partial charge in [0.05, 0.1) is 0 Å². The van der Waals surface area contributed by atoms with Crippen molar-refractivity contribution in [2.45, 2.75) is 0 Å². The van der Waals surface area contributed by atoms with Crippen LogP contribution in [0, 0.1) is 0 Å². The molecule has 2 rings (SSSR count). The van der Waals surface area contributed by atoms with E-state index in [9.17, 15) is 4.79 Å². The van der Waals surface area contributed by atoms with Crippen LogP contribution in [0.25, 0.3) is 0 Å². The van der Waals surface area contributed by atoms with E-state index >= 15 is 0 Å². The minimum atomic E-state index is -0.0237. The number of carbonyl (C=O) groups is 1. The topological polar surface area (TPSA) is 43.1 Å². The molecule has 0 fully saturated rings. The fourth-order valence-electron chi connectivity index (χ4n) is 1.47. The Morgan fingerprint density at radius 2 is 1.65 bits per heavy atom. The van der Waals surface area contributed by atoms with Crippen LogP contribution >= 0.6 is 31.9 Å². The zero-order valence-corrected chi connectivity index (χ0v) is 12.0. The molecule has 0 aliphatic heterocycles. The van der Waals surface area contributed by atoms with Gasteiger partial charge in [-0.3, -0.25) is 4.79 Å². The maximum atomic E-state index is 12.2.